The van der Waals surface area contributed by atoms with Crippen LogP contribution in [-0.2, 0) is 14.3 Å². The highest BCUT2D eigenvalue weighted by atomic mass is 19.1. The van der Waals surface area contributed by atoms with Crippen LogP contribution in [0.3, 0.4) is 0 Å². The average Bonchev–Trinajstić information content (AvgIpc) is 2.65. The molecule has 0 unspecified atom stereocenters. The first kappa shape index (κ1) is 20.5. The van der Waals surface area contributed by atoms with Crippen LogP contribution >= 0.6 is 0 Å². The molecule has 0 aliphatic carbocycles. The standard InChI is InChI=1S/C20H21F2NO4/c1-3-27-19(24)13-23(10-11-26-2)20(25)17-9-6-15(12-18(17)22)14-4-7-16(21)8-5-14/h4-9,12H,3,10-11,13H2,1-2H3. The Morgan fingerprint density at radius 1 is 1.04 bits per heavy atom. The molecule has 144 valence electrons. The van der Waals surface area contributed by atoms with E-state index in [9.17, 15) is 18.4 Å². The van der Waals surface area contributed by atoms with E-state index in [1.807, 2.05) is 0 Å². The van der Waals surface area contributed by atoms with E-state index in [0.717, 1.165) is 0 Å². The van der Waals surface area contributed by atoms with Gasteiger partial charge >= 0.3 is 5.97 Å². The van der Waals surface area contributed by atoms with E-state index < -0.39 is 23.5 Å². The molecule has 0 spiro atoms. The SMILES string of the molecule is CCOC(=O)CN(CCOC)C(=O)c1ccc(-c2ccc(F)cc2)cc1F. The summed E-state index contributed by atoms with van der Waals surface area (Å²) in [6.45, 7) is 1.86. The number of carbonyl (C=O) groups excluding carboxylic acids is 2. The second kappa shape index (κ2) is 9.78. The Balaban J connectivity index is 2.23. The smallest absolute Gasteiger partial charge is 0.325 e. The van der Waals surface area contributed by atoms with Gasteiger partial charge in [-0.2, -0.15) is 0 Å². The van der Waals surface area contributed by atoms with Crippen molar-refractivity contribution in [1.29, 1.82) is 0 Å². The molecule has 0 heterocycles. The van der Waals surface area contributed by atoms with E-state index in [0.29, 0.717) is 11.1 Å². The summed E-state index contributed by atoms with van der Waals surface area (Å²) in [5.41, 5.74) is 0.969. The lowest BCUT2D eigenvalue weighted by atomic mass is 10.0. The fourth-order valence-corrected chi connectivity index (χ4v) is 2.50. The van der Waals surface area contributed by atoms with Gasteiger partial charge in [0.2, 0.25) is 0 Å². The number of esters is 1. The molecule has 0 bridgehead atoms. The van der Waals surface area contributed by atoms with Crippen LogP contribution in [0.25, 0.3) is 11.1 Å². The summed E-state index contributed by atoms with van der Waals surface area (Å²) >= 11 is 0. The fraction of sp³-hybridized carbons (Fsp3) is 0.300. The van der Waals surface area contributed by atoms with Crippen LogP contribution in [0.15, 0.2) is 42.5 Å². The third-order valence-electron chi connectivity index (χ3n) is 3.85. The minimum atomic E-state index is -0.729. The molecule has 1 amide bonds. The van der Waals surface area contributed by atoms with E-state index in [2.05, 4.69) is 0 Å². The second-order valence-corrected chi connectivity index (χ2v) is 5.73. The Hall–Kier alpha value is -2.80. The molecule has 5 nitrogen and oxygen atoms in total. The molecular formula is C20H21F2NO4. The maximum absolute atomic E-state index is 14.6. The quantitative estimate of drug-likeness (QED) is 0.663. The maximum atomic E-state index is 14.6. The highest BCUT2D eigenvalue weighted by Crippen LogP contribution is 2.23. The number of ether oxygens (including phenoxy) is 2. The monoisotopic (exact) mass is 377 g/mol. The topological polar surface area (TPSA) is 55.8 Å². The number of halogens is 2. The largest absolute Gasteiger partial charge is 0.465 e. The summed E-state index contributed by atoms with van der Waals surface area (Å²) in [6.07, 6.45) is 0. The Morgan fingerprint density at radius 3 is 2.30 bits per heavy atom. The Morgan fingerprint density at radius 2 is 1.70 bits per heavy atom. The average molecular weight is 377 g/mol. The predicted molar refractivity (Wildman–Crippen MR) is 96.2 cm³/mol. The molecule has 0 aliphatic heterocycles. The van der Waals surface area contributed by atoms with Crippen molar-refractivity contribution in [2.75, 3.05) is 33.4 Å². The molecule has 0 atom stereocenters. The zero-order chi connectivity index (χ0) is 19.8. The van der Waals surface area contributed by atoms with E-state index in [1.165, 1.54) is 48.4 Å². The summed E-state index contributed by atoms with van der Waals surface area (Å²) in [5, 5.41) is 0. The van der Waals surface area contributed by atoms with Gasteiger partial charge in [0.15, 0.2) is 0 Å². The van der Waals surface area contributed by atoms with Gasteiger partial charge in [0.1, 0.15) is 18.2 Å². The lowest BCUT2D eigenvalue weighted by molar-refractivity contribution is -0.143. The van der Waals surface area contributed by atoms with Crippen LogP contribution in [-0.4, -0.2) is 50.2 Å². The molecule has 0 N–H and O–H groups in total. The first-order chi connectivity index (χ1) is 13.0. The van der Waals surface area contributed by atoms with Gasteiger partial charge in [0, 0.05) is 13.7 Å². The number of benzene rings is 2. The van der Waals surface area contributed by atoms with E-state index in [4.69, 9.17) is 9.47 Å². The number of hydrogen-bond acceptors (Lipinski definition) is 4. The molecule has 27 heavy (non-hydrogen) atoms. The van der Waals surface area contributed by atoms with Crippen LogP contribution in [0.4, 0.5) is 8.78 Å². The summed E-state index contributed by atoms with van der Waals surface area (Å²) in [4.78, 5) is 25.6. The van der Waals surface area contributed by atoms with Gasteiger partial charge in [-0.1, -0.05) is 18.2 Å². The number of hydrogen-bond donors (Lipinski definition) is 0. The van der Waals surface area contributed by atoms with Gasteiger partial charge in [-0.25, -0.2) is 8.78 Å². The summed E-state index contributed by atoms with van der Waals surface area (Å²) in [5.74, 6) is -2.33. The van der Waals surface area contributed by atoms with Gasteiger partial charge in [-0.3, -0.25) is 9.59 Å². The Kier molecular flexibility index (Phi) is 7.43. The molecule has 7 heteroatoms. The van der Waals surface area contributed by atoms with Crippen molar-refractivity contribution in [3.63, 3.8) is 0 Å². The van der Waals surface area contributed by atoms with Crippen molar-refractivity contribution < 1.29 is 27.8 Å². The van der Waals surface area contributed by atoms with Gasteiger partial charge in [-0.05, 0) is 42.3 Å². The molecule has 0 aromatic heterocycles. The number of methoxy groups -OCH3 is 1. The molecule has 2 rings (SSSR count). The molecule has 0 fully saturated rings. The van der Waals surface area contributed by atoms with Crippen molar-refractivity contribution in [2.45, 2.75) is 6.92 Å². The van der Waals surface area contributed by atoms with Crippen molar-refractivity contribution in [2.24, 2.45) is 0 Å². The highest BCUT2D eigenvalue weighted by molar-refractivity contribution is 5.96. The second-order valence-electron chi connectivity index (χ2n) is 5.73. The highest BCUT2D eigenvalue weighted by Gasteiger charge is 2.22. The molecule has 0 saturated carbocycles. The van der Waals surface area contributed by atoms with E-state index in [1.54, 1.807) is 13.0 Å². The third kappa shape index (κ3) is 5.59. The third-order valence-corrected chi connectivity index (χ3v) is 3.85. The number of carbonyl (C=O) groups is 2. The number of amides is 1. The number of rotatable bonds is 8. The van der Waals surface area contributed by atoms with E-state index in [-0.39, 0.29) is 31.9 Å². The number of nitrogens with zero attached hydrogens (tertiary/aromatic N) is 1. The first-order valence-corrected chi connectivity index (χ1v) is 8.45. The van der Waals surface area contributed by atoms with Crippen molar-refractivity contribution >= 4 is 11.9 Å². The molecular weight excluding hydrogens is 356 g/mol. The summed E-state index contributed by atoms with van der Waals surface area (Å²) in [6, 6.07) is 9.73. The maximum Gasteiger partial charge on any atom is 0.325 e. The zero-order valence-electron chi connectivity index (χ0n) is 15.2. The van der Waals surface area contributed by atoms with Gasteiger partial charge in [0.05, 0.1) is 18.8 Å². The van der Waals surface area contributed by atoms with Crippen LogP contribution in [0.5, 0.6) is 0 Å². The summed E-state index contributed by atoms with van der Waals surface area (Å²) < 4.78 is 37.4. The normalized spacial score (nSPS) is 10.5. The zero-order valence-corrected chi connectivity index (χ0v) is 15.2. The molecule has 0 aliphatic rings. The Labute approximate surface area is 156 Å². The fourth-order valence-electron chi connectivity index (χ4n) is 2.50. The van der Waals surface area contributed by atoms with Crippen molar-refractivity contribution in [3.05, 3.63) is 59.7 Å². The van der Waals surface area contributed by atoms with Crippen LogP contribution in [0.1, 0.15) is 17.3 Å². The molecule has 2 aromatic rings. The van der Waals surface area contributed by atoms with Crippen molar-refractivity contribution in [1.82, 2.24) is 4.90 Å². The molecule has 0 saturated heterocycles. The van der Waals surface area contributed by atoms with Gasteiger partial charge in [-0.15, -0.1) is 0 Å². The van der Waals surface area contributed by atoms with Crippen LogP contribution in [0, 0.1) is 11.6 Å². The van der Waals surface area contributed by atoms with Gasteiger partial charge < -0.3 is 14.4 Å². The lowest BCUT2D eigenvalue weighted by Gasteiger charge is -2.21. The minimum absolute atomic E-state index is 0.118. The predicted octanol–water partition coefficient (Wildman–Crippen LogP) is 3.28. The minimum Gasteiger partial charge on any atom is -0.465 e. The first-order valence-electron chi connectivity index (χ1n) is 8.45. The van der Waals surface area contributed by atoms with Gasteiger partial charge in [0.25, 0.3) is 5.91 Å². The lowest BCUT2D eigenvalue weighted by Crippen LogP contribution is -2.39. The van der Waals surface area contributed by atoms with Crippen molar-refractivity contribution in [3.8, 4) is 11.1 Å². The molecule has 0 radical (unpaired) electrons. The van der Waals surface area contributed by atoms with Crippen LogP contribution in [0.2, 0.25) is 0 Å². The Bertz CT molecular complexity index is 793. The summed E-state index contributed by atoms with van der Waals surface area (Å²) in [7, 11) is 1.46. The molecule has 2 aromatic carbocycles. The van der Waals surface area contributed by atoms with E-state index >= 15 is 0 Å². The van der Waals surface area contributed by atoms with Crippen LogP contribution < -0.4 is 0 Å².